The molecule has 3 aliphatic rings. The van der Waals surface area contributed by atoms with Gasteiger partial charge in [-0.1, -0.05) is 48.1 Å². The number of rotatable bonds is 6. The zero-order valence-electron chi connectivity index (χ0n) is 22.0. The van der Waals surface area contributed by atoms with Crippen molar-refractivity contribution in [3.05, 3.63) is 64.8 Å². The van der Waals surface area contributed by atoms with Crippen molar-refractivity contribution in [3.8, 4) is 22.5 Å². The lowest BCUT2D eigenvalue weighted by Gasteiger charge is -2.26. The Morgan fingerprint density at radius 3 is 2.55 bits per heavy atom. The number of halogens is 1. The number of nitrogens with one attached hydrogen (secondary N) is 1. The van der Waals surface area contributed by atoms with Gasteiger partial charge in [0.15, 0.2) is 5.82 Å². The maximum atomic E-state index is 13.4. The predicted octanol–water partition coefficient (Wildman–Crippen LogP) is 4.91. The van der Waals surface area contributed by atoms with Crippen LogP contribution in [0.5, 0.6) is 0 Å². The highest BCUT2D eigenvalue weighted by Crippen LogP contribution is 2.39. The predicted molar refractivity (Wildman–Crippen MR) is 159 cm³/mol. The number of thiocarbonyl (C=S) groups is 1. The van der Waals surface area contributed by atoms with Crippen LogP contribution in [-0.4, -0.2) is 64.2 Å². The monoisotopic (exact) mass is 595 g/mol. The van der Waals surface area contributed by atoms with Gasteiger partial charge in [0, 0.05) is 47.4 Å². The first-order valence-electron chi connectivity index (χ1n) is 13.8. The summed E-state index contributed by atoms with van der Waals surface area (Å²) >= 11 is 12.2. The molecule has 1 saturated carbocycles. The Morgan fingerprint density at radius 1 is 1.02 bits per heavy atom. The standard InChI is InChI=1S/C29H30ClN5O3S2/c30-21-9-7-19(8-10-21)25-24-6-1-2-13-34-27(32-35(29(24)34)26(25)28(39)31-22-11-12-22)20-4-3-5-23(18-20)40(36,37)33-14-16-38-17-15-33/h3-5,7-10,18,22H,1-2,6,11-17H2,(H,31,39). The maximum Gasteiger partial charge on any atom is 0.243 e. The van der Waals surface area contributed by atoms with Gasteiger partial charge >= 0.3 is 0 Å². The topological polar surface area (TPSA) is 80.9 Å². The first-order chi connectivity index (χ1) is 19.4. The smallest absolute Gasteiger partial charge is 0.243 e. The second-order valence-corrected chi connectivity index (χ2v) is 13.5. The van der Waals surface area contributed by atoms with Crippen molar-refractivity contribution < 1.29 is 13.2 Å². The molecular weight excluding hydrogens is 566 g/mol. The van der Waals surface area contributed by atoms with E-state index in [1.54, 1.807) is 18.2 Å². The van der Waals surface area contributed by atoms with Crippen LogP contribution in [0.25, 0.3) is 28.2 Å². The first kappa shape index (κ1) is 26.2. The van der Waals surface area contributed by atoms with E-state index < -0.39 is 10.0 Å². The number of nitrogens with zero attached hydrogens (tertiary/aromatic N) is 4. The summed E-state index contributed by atoms with van der Waals surface area (Å²) in [5, 5.41) is 9.36. The maximum absolute atomic E-state index is 13.4. The highest BCUT2D eigenvalue weighted by molar-refractivity contribution is 7.89. The Hall–Kier alpha value is -2.76. The minimum absolute atomic E-state index is 0.272. The van der Waals surface area contributed by atoms with E-state index in [1.165, 1.54) is 9.87 Å². The van der Waals surface area contributed by atoms with Crippen molar-refractivity contribution in [3.63, 3.8) is 0 Å². The van der Waals surface area contributed by atoms with Crippen molar-refractivity contribution in [2.24, 2.45) is 0 Å². The quantitative estimate of drug-likeness (QED) is 0.319. The van der Waals surface area contributed by atoms with Crippen LogP contribution in [0.1, 0.15) is 36.9 Å². The zero-order chi connectivity index (χ0) is 27.4. The first-order valence-corrected chi connectivity index (χ1v) is 16.0. The van der Waals surface area contributed by atoms with Gasteiger partial charge in [-0.2, -0.15) is 4.31 Å². The molecule has 0 radical (unpaired) electrons. The summed E-state index contributed by atoms with van der Waals surface area (Å²) in [7, 11) is -3.64. The lowest BCUT2D eigenvalue weighted by Crippen LogP contribution is -2.40. The van der Waals surface area contributed by atoms with Gasteiger partial charge in [0.2, 0.25) is 10.0 Å². The lowest BCUT2D eigenvalue weighted by molar-refractivity contribution is 0.0730. The fourth-order valence-corrected chi connectivity index (χ4v) is 7.74. The molecule has 2 aromatic heterocycles. The van der Waals surface area contributed by atoms with Crippen molar-refractivity contribution in [1.82, 2.24) is 23.8 Å². The fraction of sp³-hybridized carbons (Fsp3) is 0.379. The molecule has 11 heteroatoms. The highest BCUT2D eigenvalue weighted by atomic mass is 35.5. The summed E-state index contributed by atoms with van der Waals surface area (Å²) in [5.74, 6) is 0.746. The molecule has 2 fully saturated rings. The van der Waals surface area contributed by atoms with E-state index >= 15 is 0 Å². The molecule has 8 nitrogen and oxygen atoms in total. The van der Waals surface area contributed by atoms with Gasteiger partial charge in [-0.15, -0.1) is 5.10 Å². The van der Waals surface area contributed by atoms with Crippen LogP contribution in [0.4, 0.5) is 0 Å². The van der Waals surface area contributed by atoms with Crippen LogP contribution in [0.3, 0.4) is 0 Å². The number of ether oxygens (including phenoxy) is 1. The third kappa shape index (κ3) is 4.55. The van der Waals surface area contributed by atoms with Gasteiger partial charge in [0.25, 0.3) is 0 Å². The minimum atomic E-state index is -3.64. The van der Waals surface area contributed by atoms with E-state index in [0.29, 0.717) is 42.4 Å². The third-order valence-corrected chi connectivity index (χ3v) is 10.4. The third-order valence-electron chi connectivity index (χ3n) is 7.95. The van der Waals surface area contributed by atoms with Gasteiger partial charge in [0.05, 0.1) is 18.1 Å². The second-order valence-electron chi connectivity index (χ2n) is 10.7. The van der Waals surface area contributed by atoms with E-state index in [9.17, 15) is 8.42 Å². The van der Waals surface area contributed by atoms with Crippen LogP contribution >= 0.6 is 23.8 Å². The second kappa shape index (κ2) is 10.3. The van der Waals surface area contributed by atoms with E-state index in [1.807, 2.05) is 34.8 Å². The number of hydrogen-bond donors (Lipinski definition) is 1. The molecule has 7 rings (SSSR count). The summed E-state index contributed by atoms with van der Waals surface area (Å²) in [5.41, 5.74) is 6.05. The summed E-state index contributed by atoms with van der Waals surface area (Å²) in [4.78, 5) is 0.961. The molecule has 40 heavy (non-hydrogen) atoms. The van der Waals surface area contributed by atoms with Crippen LogP contribution in [-0.2, 0) is 27.7 Å². The van der Waals surface area contributed by atoms with Gasteiger partial charge in [0.1, 0.15) is 16.3 Å². The summed E-state index contributed by atoms with van der Waals surface area (Å²) in [6.07, 6.45) is 5.17. The Labute approximate surface area is 243 Å². The van der Waals surface area contributed by atoms with Crippen LogP contribution < -0.4 is 5.32 Å². The van der Waals surface area contributed by atoms with Crippen molar-refractivity contribution in [1.29, 1.82) is 0 Å². The SMILES string of the molecule is O=S(=O)(c1cccc(-c2nn3c(C(=S)NC4CC4)c(-c4ccc(Cl)cc4)c4c3n2CCCC4)c1)N1CCOCC1. The number of aromatic nitrogens is 3. The lowest BCUT2D eigenvalue weighted by atomic mass is 9.98. The Morgan fingerprint density at radius 2 is 1.80 bits per heavy atom. The average Bonchev–Trinajstić information content (AvgIpc) is 3.69. The van der Waals surface area contributed by atoms with Crippen molar-refractivity contribution >= 4 is 44.5 Å². The molecule has 1 aliphatic carbocycles. The summed E-state index contributed by atoms with van der Waals surface area (Å²) in [6.45, 7) is 2.32. The molecule has 2 aromatic carbocycles. The van der Waals surface area contributed by atoms with E-state index in [2.05, 4.69) is 9.88 Å². The molecule has 0 bridgehead atoms. The zero-order valence-corrected chi connectivity index (χ0v) is 24.4. The fourth-order valence-electron chi connectivity index (χ4n) is 5.80. The largest absolute Gasteiger partial charge is 0.379 e. The Balaban J connectivity index is 1.40. The van der Waals surface area contributed by atoms with Gasteiger partial charge in [-0.25, -0.2) is 12.9 Å². The number of benzene rings is 2. The molecule has 1 saturated heterocycles. The van der Waals surface area contributed by atoms with E-state index in [4.69, 9.17) is 33.7 Å². The molecule has 4 heterocycles. The molecule has 0 spiro atoms. The van der Waals surface area contributed by atoms with Crippen LogP contribution in [0, 0.1) is 0 Å². The van der Waals surface area contributed by atoms with E-state index in [-0.39, 0.29) is 4.90 Å². The number of hydrogen-bond acceptors (Lipinski definition) is 5. The van der Waals surface area contributed by atoms with Gasteiger partial charge < -0.3 is 14.6 Å². The van der Waals surface area contributed by atoms with Gasteiger partial charge in [-0.05, 0) is 61.9 Å². The molecule has 4 aromatic rings. The summed E-state index contributed by atoms with van der Waals surface area (Å²) in [6, 6.07) is 15.5. The number of aryl methyl sites for hydroxylation is 2. The minimum Gasteiger partial charge on any atom is -0.379 e. The molecule has 208 valence electrons. The normalized spacial score (nSPS) is 18.1. The Bertz CT molecular complexity index is 1720. The number of morpholine rings is 1. The molecule has 1 N–H and O–H groups in total. The molecule has 0 unspecified atom stereocenters. The Kier molecular flexibility index (Phi) is 6.71. The van der Waals surface area contributed by atoms with Crippen LogP contribution in [0.15, 0.2) is 53.4 Å². The van der Waals surface area contributed by atoms with Crippen LogP contribution in [0.2, 0.25) is 5.02 Å². The summed E-state index contributed by atoms with van der Waals surface area (Å²) < 4.78 is 38.0. The van der Waals surface area contributed by atoms with Crippen molar-refractivity contribution in [2.75, 3.05) is 26.3 Å². The molecule has 0 amide bonds. The molecular formula is C29H30ClN5O3S2. The van der Waals surface area contributed by atoms with Crippen molar-refractivity contribution in [2.45, 2.75) is 49.6 Å². The number of sulfonamides is 1. The van der Waals surface area contributed by atoms with Gasteiger partial charge in [-0.3, -0.25) is 0 Å². The molecule has 0 atom stereocenters. The molecule has 2 aliphatic heterocycles. The highest BCUT2D eigenvalue weighted by Gasteiger charge is 2.32. The average molecular weight is 596 g/mol. The van der Waals surface area contributed by atoms with E-state index in [0.717, 1.165) is 72.5 Å².